The van der Waals surface area contributed by atoms with Gasteiger partial charge >= 0.3 is 6.18 Å². The Kier molecular flexibility index (Phi) is 5.36. The Hall–Kier alpha value is -1.57. The third-order valence-corrected chi connectivity index (χ3v) is 4.30. The van der Waals surface area contributed by atoms with Gasteiger partial charge in [-0.15, -0.1) is 0 Å². The minimum atomic E-state index is -4.57. The van der Waals surface area contributed by atoms with Gasteiger partial charge in [0.15, 0.2) is 5.69 Å². The van der Waals surface area contributed by atoms with Crippen LogP contribution in [0.3, 0.4) is 0 Å². The molecule has 134 valence electrons. The molecule has 3 rings (SSSR count). The summed E-state index contributed by atoms with van der Waals surface area (Å²) in [6.07, 6.45) is -1.14. The quantitative estimate of drug-likeness (QED) is 0.724. The SMILES string of the molecule is FC(F)(F)c1nc(Nc2ccc(Cl)cc2Cl)ncc1CNCC1CC1. The maximum Gasteiger partial charge on any atom is 0.433 e. The van der Waals surface area contributed by atoms with Crippen molar-refractivity contribution in [2.45, 2.75) is 25.6 Å². The van der Waals surface area contributed by atoms with Crippen molar-refractivity contribution in [3.8, 4) is 0 Å². The Balaban J connectivity index is 1.80. The largest absolute Gasteiger partial charge is 0.433 e. The Morgan fingerprint density at radius 1 is 1.20 bits per heavy atom. The summed E-state index contributed by atoms with van der Waals surface area (Å²) in [5.41, 5.74) is -0.571. The normalized spacial score (nSPS) is 14.6. The molecule has 0 radical (unpaired) electrons. The summed E-state index contributed by atoms with van der Waals surface area (Å²) in [7, 11) is 0. The van der Waals surface area contributed by atoms with E-state index in [0.29, 0.717) is 23.2 Å². The van der Waals surface area contributed by atoms with E-state index in [9.17, 15) is 13.2 Å². The Morgan fingerprint density at radius 2 is 1.96 bits per heavy atom. The van der Waals surface area contributed by atoms with E-state index in [4.69, 9.17) is 23.2 Å². The van der Waals surface area contributed by atoms with Crippen molar-refractivity contribution in [1.29, 1.82) is 0 Å². The molecular formula is C16H15Cl2F3N4. The first-order valence-corrected chi connectivity index (χ1v) is 8.44. The van der Waals surface area contributed by atoms with Crippen LogP contribution in [0.4, 0.5) is 24.8 Å². The minimum absolute atomic E-state index is 0.0147. The van der Waals surface area contributed by atoms with Gasteiger partial charge in [0.2, 0.25) is 5.95 Å². The second kappa shape index (κ2) is 7.35. The molecule has 1 saturated carbocycles. The monoisotopic (exact) mass is 390 g/mol. The van der Waals surface area contributed by atoms with E-state index in [1.807, 2.05) is 0 Å². The van der Waals surface area contributed by atoms with Crippen LogP contribution in [0.1, 0.15) is 24.1 Å². The van der Waals surface area contributed by atoms with Crippen molar-refractivity contribution in [3.05, 3.63) is 45.7 Å². The predicted octanol–water partition coefficient (Wildman–Crippen LogP) is 5.05. The summed E-state index contributed by atoms with van der Waals surface area (Å²) in [5, 5.41) is 6.40. The number of aromatic nitrogens is 2. The van der Waals surface area contributed by atoms with E-state index in [2.05, 4.69) is 20.6 Å². The molecule has 1 heterocycles. The zero-order chi connectivity index (χ0) is 18.0. The number of hydrogen-bond acceptors (Lipinski definition) is 4. The lowest BCUT2D eigenvalue weighted by atomic mass is 10.2. The van der Waals surface area contributed by atoms with Crippen LogP contribution in [0.15, 0.2) is 24.4 Å². The molecule has 2 N–H and O–H groups in total. The van der Waals surface area contributed by atoms with Crippen LogP contribution in [0.25, 0.3) is 0 Å². The molecule has 0 unspecified atom stereocenters. The molecule has 25 heavy (non-hydrogen) atoms. The molecule has 1 aliphatic rings. The van der Waals surface area contributed by atoms with Gasteiger partial charge in [-0.1, -0.05) is 23.2 Å². The number of alkyl halides is 3. The number of halogens is 5. The van der Waals surface area contributed by atoms with Gasteiger partial charge in [0.1, 0.15) is 0 Å². The lowest BCUT2D eigenvalue weighted by Crippen LogP contribution is -2.21. The number of hydrogen-bond donors (Lipinski definition) is 2. The highest BCUT2D eigenvalue weighted by molar-refractivity contribution is 6.36. The third kappa shape index (κ3) is 4.96. The van der Waals surface area contributed by atoms with E-state index >= 15 is 0 Å². The molecule has 0 atom stereocenters. The second-order valence-electron chi connectivity index (χ2n) is 5.89. The molecule has 9 heteroatoms. The summed E-state index contributed by atoms with van der Waals surface area (Å²) in [5.74, 6) is 0.394. The number of rotatable bonds is 6. The van der Waals surface area contributed by atoms with Gasteiger partial charge in [0.25, 0.3) is 0 Å². The van der Waals surface area contributed by atoms with Gasteiger partial charge in [-0.25, -0.2) is 9.97 Å². The second-order valence-corrected chi connectivity index (χ2v) is 6.73. The number of anilines is 2. The summed E-state index contributed by atoms with van der Waals surface area (Å²) >= 11 is 11.8. The maximum absolute atomic E-state index is 13.3. The van der Waals surface area contributed by atoms with Crippen LogP contribution in [0.2, 0.25) is 10.0 Å². The van der Waals surface area contributed by atoms with Crippen molar-refractivity contribution in [3.63, 3.8) is 0 Å². The summed E-state index contributed by atoms with van der Waals surface area (Å²) in [6.45, 7) is 0.783. The highest BCUT2D eigenvalue weighted by Crippen LogP contribution is 2.33. The fourth-order valence-electron chi connectivity index (χ4n) is 2.29. The van der Waals surface area contributed by atoms with Gasteiger partial charge in [0.05, 0.1) is 10.7 Å². The van der Waals surface area contributed by atoms with E-state index < -0.39 is 11.9 Å². The van der Waals surface area contributed by atoms with Gasteiger partial charge in [-0.05, 0) is 43.5 Å². The molecule has 2 aromatic rings. The van der Waals surface area contributed by atoms with Gasteiger partial charge in [-0.3, -0.25) is 0 Å². The zero-order valence-electron chi connectivity index (χ0n) is 13.0. The fourth-order valence-corrected chi connectivity index (χ4v) is 2.74. The van der Waals surface area contributed by atoms with Crippen molar-refractivity contribution in [2.75, 3.05) is 11.9 Å². The summed E-state index contributed by atoms with van der Waals surface area (Å²) < 4.78 is 39.9. The van der Waals surface area contributed by atoms with Crippen LogP contribution >= 0.6 is 23.2 Å². The molecule has 4 nitrogen and oxygen atoms in total. The molecule has 1 aliphatic carbocycles. The smallest absolute Gasteiger partial charge is 0.323 e. The standard InChI is InChI=1S/C16H15Cl2F3N4/c17-11-3-4-13(12(18)5-11)24-15-23-8-10(7-22-6-9-1-2-9)14(25-15)16(19,20)21/h3-5,8-9,22H,1-2,6-7H2,(H,23,24,25). The molecule has 0 spiro atoms. The lowest BCUT2D eigenvalue weighted by molar-refractivity contribution is -0.141. The van der Waals surface area contributed by atoms with Gasteiger partial charge < -0.3 is 10.6 Å². The van der Waals surface area contributed by atoms with Gasteiger partial charge in [0, 0.05) is 23.3 Å². The third-order valence-electron chi connectivity index (χ3n) is 3.76. The Morgan fingerprint density at radius 3 is 2.60 bits per heavy atom. The summed E-state index contributed by atoms with van der Waals surface area (Å²) in [6, 6.07) is 4.59. The van der Waals surface area contributed by atoms with Crippen molar-refractivity contribution >= 4 is 34.8 Å². The molecule has 0 aliphatic heterocycles. The van der Waals surface area contributed by atoms with Crippen LogP contribution in [0, 0.1) is 5.92 Å². The maximum atomic E-state index is 13.3. The van der Waals surface area contributed by atoms with Crippen molar-refractivity contribution < 1.29 is 13.2 Å². The fraction of sp³-hybridized carbons (Fsp3) is 0.375. The van der Waals surface area contributed by atoms with E-state index in [-0.39, 0.29) is 23.1 Å². The van der Waals surface area contributed by atoms with Crippen molar-refractivity contribution in [2.24, 2.45) is 5.92 Å². The molecule has 0 bridgehead atoms. The highest BCUT2D eigenvalue weighted by Gasteiger charge is 2.36. The van der Waals surface area contributed by atoms with Crippen LogP contribution < -0.4 is 10.6 Å². The first-order valence-electron chi connectivity index (χ1n) is 7.69. The highest BCUT2D eigenvalue weighted by atomic mass is 35.5. The molecular weight excluding hydrogens is 376 g/mol. The first-order chi connectivity index (χ1) is 11.8. The predicted molar refractivity (Wildman–Crippen MR) is 91.2 cm³/mol. The number of nitrogens with zero attached hydrogens (tertiary/aromatic N) is 2. The van der Waals surface area contributed by atoms with E-state index in [1.54, 1.807) is 12.1 Å². The Labute approximate surface area is 152 Å². The zero-order valence-corrected chi connectivity index (χ0v) is 14.5. The molecule has 0 saturated heterocycles. The first kappa shape index (κ1) is 18.2. The van der Waals surface area contributed by atoms with Crippen LogP contribution in [-0.4, -0.2) is 16.5 Å². The number of nitrogens with one attached hydrogen (secondary N) is 2. The molecule has 0 amide bonds. The molecule has 1 aromatic carbocycles. The lowest BCUT2D eigenvalue weighted by Gasteiger charge is -2.14. The van der Waals surface area contributed by atoms with E-state index in [0.717, 1.165) is 12.8 Å². The summed E-state index contributed by atoms with van der Waals surface area (Å²) in [4.78, 5) is 7.61. The average molecular weight is 391 g/mol. The van der Waals surface area contributed by atoms with Crippen LogP contribution in [0.5, 0.6) is 0 Å². The van der Waals surface area contributed by atoms with Crippen LogP contribution in [-0.2, 0) is 12.7 Å². The number of benzene rings is 1. The average Bonchev–Trinajstić information content (AvgIpc) is 3.34. The Bertz CT molecular complexity index is 764. The molecule has 1 fully saturated rings. The minimum Gasteiger partial charge on any atom is -0.323 e. The van der Waals surface area contributed by atoms with Crippen molar-refractivity contribution in [1.82, 2.24) is 15.3 Å². The van der Waals surface area contributed by atoms with E-state index in [1.165, 1.54) is 12.3 Å². The topological polar surface area (TPSA) is 49.8 Å². The van der Waals surface area contributed by atoms with Gasteiger partial charge in [-0.2, -0.15) is 13.2 Å². The molecule has 1 aromatic heterocycles.